The predicted octanol–water partition coefficient (Wildman–Crippen LogP) is 13.9. The van der Waals surface area contributed by atoms with Crippen LogP contribution in [0.5, 0.6) is 0 Å². The van der Waals surface area contributed by atoms with Crippen molar-refractivity contribution in [1.82, 2.24) is 0 Å². The van der Waals surface area contributed by atoms with E-state index in [4.69, 9.17) is 0 Å². The van der Waals surface area contributed by atoms with Crippen LogP contribution in [0.2, 0.25) is 0 Å². The molecule has 4 saturated carbocycles. The molecule has 0 N–H and O–H groups in total. The molecule has 1 heteroatoms. The summed E-state index contributed by atoms with van der Waals surface area (Å²) >= 11 is 0. The molecule has 0 radical (unpaired) electrons. The largest absolute Gasteiger partial charge is 0.309 e. The molecule has 4 fully saturated rings. The van der Waals surface area contributed by atoms with E-state index in [0.29, 0.717) is 11.8 Å². The molecular weight excluding hydrogens is 639 g/mol. The third kappa shape index (κ3) is 4.69. The van der Waals surface area contributed by atoms with E-state index >= 15 is 0 Å². The number of fused-ring (bicyclic) bond motifs is 3. The van der Waals surface area contributed by atoms with Gasteiger partial charge in [-0.3, -0.25) is 0 Å². The molecule has 7 aromatic carbocycles. The van der Waals surface area contributed by atoms with Gasteiger partial charge in [0.2, 0.25) is 0 Å². The van der Waals surface area contributed by atoms with Gasteiger partial charge in [-0.05, 0) is 119 Å². The van der Waals surface area contributed by atoms with E-state index in [0.717, 1.165) is 11.8 Å². The van der Waals surface area contributed by atoms with Crippen LogP contribution in [-0.2, 0) is 5.41 Å². The maximum atomic E-state index is 2.62. The maximum absolute atomic E-state index is 2.62. The Kier molecular flexibility index (Phi) is 7.12. The molecule has 5 aliphatic rings. The SMILES string of the molecule is c1ccc(-c2ccc(N(c3ccccc3-c3ccccc3)c3cccc4c3-c3ccccc3C43C4CC5CC(C4)CC3C5)c(-c3ccccc3)c2)cc1. The van der Waals surface area contributed by atoms with E-state index < -0.39 is 0 Å². The van der Waals surface area contributed by atoms with Crippen LogP contribution in [0.4, 0.5) is 17.1 Å². The number of hydrogen-bond donors (Lipinski definition) is 0. The zero-order valence-corrected chi connectivity index (χ0v) is 30.0. The smallest absolute Gasteiger partial charge is 0.0543 e. The Morgan fingerprint density at radius 2 is 0.868 bits per heavy atom. The maximum Gasteiger partial charge on any atom is 0.0543 e. The van der Waals surface area contributed by atoms with Crippen molar-refractivity contribution in [2.45, 2.75) is 37.5 Å². The van der Waals surface area contributed by atoms with Gasteiger partial charge in [0.1, 0.15) is 0 Å². The first-order chi connectivity index (χ1) is 26.3. The fourth-order valence-corrected chi connectivity index (χ4v) is 11.7. The Morgan fingerprint density at radius 1 is 0.358 bits per heavy atom. The molecule has 0 aliphatic heterocycles. The van der Waals surface area contributed by atoms with Crippen LogP contribution in [0.3, 0.4) is 0 Å². The van der Waals surface area contributed by atoms with Crippen LogP contribution < -0.4 is 4.90 Å². The van der Waals surface area contributed by atoms with Crippen molar-refractivity contribution < 1.29 is 0 Å². The first-order valence-corrected chi connectivity index (χ1v) is 19.7. The summed E-state index contributed by atoms with van der Waals surface area (Å²) < 4.78 is 0. The Hall–Kier alpha value is -5.66. The van der Waals surface area contributed by atoms with Crippen LogP contribution in [-0.4, -0.2) is 0 Å². The molecule has 4 bridgehead atoms. The molecule has 1 spiro atoms. The van der Waals surface area contributed by atoms with Gasteiger partial charge in [-0.25, -0.2) is 0 Å². The highest BCUT2D eigenvalue weighted by atomic mass is 15.2. The van der Waals surface area contributed by atoms with Crippen molar-refractivity contribution >= 4 is 17.1 Å². The Labute approximate surface area is 313 Å². The highest BCUT2D eigenvalue weighted by molar-refractivity contribution is 6.01. The van der Waals surface area contributed by atoms with E-state index in [2.05, 4.69) is 181 Å². The molecule has 12 rings (SSSR count). The standard InChI is InChI=1S/C52H43N/c1-4-15-37(16-5-1)40-27-28-49(45(34-40)39-19-8-3-9-20-39)53(48-25-13-11-21-43(48)38-17-6-2-7-18-38)50-26-14-24-47-51(50)44-22-10-12-23-46(44)52(47)41-30-35-29-36(32-41)33-42(52)31-35/h1-28,34-36,41-42H,29-33H2. The molecule has 0 atom stereocenters. The molecule has 7 aromatic rings. The zero-order valence-electron chi connectivity index (χ0n) is 30.0. The lowest BCUT2D eigenvalue weighted by Crippen LogP contribution is -2.55. The molecular formula is C52H43N. The average Bonchev–Trinajstić information content (AvgIpc) is 3.52. The molecule has 0 amide bonds. The van der Waals surface area contributed by atoms with Crippen molar-refractivity contribution in [1.29, 1.82) is 0 Å². The molecule has 5 aliphatic carbocycles. The number of benzene rings is 7. The van der Waals surface area contributed by atoms with Crippen molar-refractivity contribution in [3.8, 4) is 44.5 Å². The minimum atomic E-state index is 0.0966. The molecule has 256 valence electrons. The summed E-state index contributed by atoms with van der Waals surface area (Å²) in [5.74, 6) is 3.25. The third-order valence-corrected chi connectivity index (χ3v) is 13.5. The number of hydrogen-bond acceptors (Lipinski definition) is 1. The number of nitrogens with zero attached hydrogens (tertiary/aromatic N) is 1. The predicted molar refractivity (Wildman–Crippen MR) is 221 cm³/mol. The fourth-order valence-electron chi connectivity index (χ4n) is 11.7. The summed E-state index contributed by atoms with van der Waals surface area (Å²) in [4.78, 5) is 2.62. The monoisotopic (exact) mass is 681 g/mol. The Balaban J connectivity index is 1.21. The quantitative estimate of drug-likeness (QED) is 0.169. The van der Waals surface area contributed by atoms with Gasteiger partial charge in [0.25, 0.3) is 0 Å². The lowest BCUT2D eigenvalue weighted by molar-refractivity contribution is -0.0399. The molecule has 1 nitrogen and oxygen atoms in total. The highest BCUT2D eigenvalue weighted by Crippen LogP contribution is 2.70. The molecule has 0 unspecified atom stereocenters. The normalized spacial score (nSPS) is 23.2. The van der Waals surface area contributed by atoms with Crippen molar-refractivity contribution in [3.05, 3.63) is 187 Å². The summed E-state index contributed by atoms with van der Waals surface area (Å²) in [6.45, 7) is 0. The van der Waals surface area contributed by atoms with Crippen LogP contribution in [0, 0.1) is 23.7 Å². The number of rotatable bonds is 6. The molecule has 0 saturated heterocycles. The van der Waals surface area contributed by atoms with Crippen LogP contribution in [0.15, 0.2) is 176 Å². The lowest BCUT2D eigenvalue weighted by Gasteiger charge is -2.61. The molecule has 53 heavy (non-hydrogen) atoms. The Bertz CT molecular complexity index is 2430. The van der Waals surface area contributed by atoms with E-state index in [9.17, 15) is 0 Å². The summed E-state index contributed by atoms with van der Waals surface area (Å²) in [5, 5.41) is 0. The highest BCUT2D eigenvalue weighted by Gasteiger charge is 2.61. The average molecular weight is 682 g/mol. The number of anilines is 3. The van der Waals surface area contributed by atoms with Gasteiger partial charge in [-0.2, -0.15) is 0 Å². The summed E-state index contributed by atoms with van der Waals surface area (Å²) in [5.41, 5.74) is 17.1. The van der Waals surface area contributed by atoms with E-state index in [1.54, 1.807) is 11.1 Å². The zero-order chi connectivity index (χ0) is 34.9. The van der Waals surface area contributed by atoms with E-state index in [1.807, 2.05) is 0 Å². The van der Waals surface area contributed by atoms with Crippen molar-refractivity contribution in [2.75, 3.05) is 4.90 Å². The van der Waals surface area contributed by atoms with Gasteiger partial charge in [0.05, 0.1) is 17.1 Å². The summed E-state index contributed by atoms with van der Waals surface area (Å²) in [6, 6.07) is 65.8. The Morgan fingerprint density at radius 3 is 1.55 bits per heavy atom. The van der Waals surface area contributed by atoms with Gasteiger partial charge in [-0.1, -0.05) is 152 Å². The fraction of sp³-hybridized carbons (Fsp3) is 0.192. The van der Waals surface area contributed by atoms with Crippen LogP contribution in [0.25, 0.3) is 44.5 Å². The molecule has 0 aromatic heterocycles. The first kappa shape index (κ1) is 30.9. The molecule has 0 heterocycles. The second kappa shape index (κ2) is 12.2. The first-order valence-electron chi connectivity index (χ1n) is 19.7. The van der Waals surface area contributed by atoms with Gasteiger partial charge >= 0.3 is 0 Å². The third-order valence-electron chi connectivity index (χ3n) is 13.5. The van der Waals surface area contributed by atoms with Gasteiger partial charge in [0.15, 0.2) is 0 Å². The van der Waals surface area contributed by atoms with Crippen molar-refractivity contribution in [3.63, 3.8) is 0 Å². The van der Waals surface area contributed by atoms with Crippen LogP contribution >= 0.6 is 0 Å². The van der Waals surface area contributed by atoms with Crippen molar-refractivity contribution in [2.24, 2.45) is 23.7 Å². The van der Waals surface area contributed by atoms with Gasteiger partial charge in [-0.15, -0.1) is 0 Å². The summed E-state index contributed by atoms with van der Waals surface area (Å²) in [7, 11) is 0. The van der Waals surface area contributed by atoms with Crippen LogP contribution in [0.1, 0.15) is 43.2 Å². The number of para-hydroxylation sites is 1. The van der Waals surface area contributed by atoms with E-state index in [1.165, 1.54) is 93.7 Å². The second-order valence-corrected chi connectivity index (χ2v) is 16.1. The lowest BCUT2D eigenvalue weighted by atomic mass is 9.43. The second-order valence-electron chi connectivity index (χ2n) is 16.1. The minimum Gasteiger partial charge on any atom is -0.309 e. The van der Waals surface area contributed by atoms with Gasteiger partial charge in [0, 0.05) is 22.1 Å². The topological polar surface area (TPSA) is 3.24 Å². The minimum absolute atomic E-state index is 0.0966. The van der Waals surface area contributed by atoms with Gasteiger partial charge < -0.3 is 4.90 Å². The van der Waals surface area contributed by atoms with E-state index in [-0.39, 0.29) is 5.41 Å². The summed E-state index contributed by atoms with van der Waals surface area (Å²) in [6.07, 6.45) is 6.98.